The minimum atomic E-state index is -0.197. The number of hydrogen-bond donors (Lipinski definition) is 0. The number of fused-ring (bicyclic) bond motifs is 1. The van der Waals surface area contributed by atoms with E-state index in [1.54, 1.807) is 3.56 Å². The van der Waals surface area contributed by atoms with Crippen molar-refractivity contribution in [3.8, 4) is 28.5 Å². The Kier molecular flexibility index (Phi) is 4.20. The Morgan fingerprint density at radius 1 is 0.679 bits per heavy atom. The summed E-state index contributed by atoms with van der Waals surface area (Å²) >= 11 is -0.197. The van der Waals surface area contributed by atoms with Crippen LogP contribution in [0.2, 0.25) is 0 Å². The van der Waals surface area contributed by atoms with Crippen LogP contribution in [-0.2, 0) is 0 Å². The molecule has 0 radical (unpaired) electrons. The number of nitrogens with zero attached hydrogens (tertiary/aromatic N) is 4. The van der Waals surface area contributed by atoms with Crippen molar-refractivity contribution >= 4 is 24.4 Å². The number of aromatic nitrogens is 4. The molecule has 134 valence electrons. The molecule has 0 unspecified atom stereocenters. The van der Waals surface area contributed by atoms with Crippen molar-refractivity contribution in [3.63, 3.8) is 0 Å². The molecule has 0 bridgehead atoms. The van der Waals surface area contributed by atoms with Gasteiger partial charge in [0, 0.05) is 0 Å². The van der Waals surface area contributed by atoms with Gasteiger partial charge in [0.25, 0.3) is 0 Å². The molecule has 0 N–H and O–H groups in total. The van der Waals surface area contributed by atoms with Crippen LogP contribution >= 0.6 is 0 Å². The number of hydrogen-bond acceptors (Lipinski definition) is 4. The van der Waals surface area contributed by atoms with Crippen LogP contribution in [0.15, 0.2) is 89.7 Å². The van der Waals surface area contributed by atoms with Crippen molar-refractivity contribution in [1.29, 1.82) is 0 Å². The first-order valence-electron chi connectivity index (χ1n) is 8.78. The van der Waals surface area contributed by atoms with E-state index in [0.29, 0.717) is 11.6 Å². The van der Waals surface area contributed by atoms with Gasteiger partial charge >= 0.3 is 167 Å². The minimum absolute atomic E-state index is 0.0659. The first-order chi connectivity index (χ1) is 13.8. The summed E-state index contributed by atoms with van der Waals surface area (Å²) < 4.78 is 2.68. The van der Waals surface area contributed by atoms with E-state index in [4.69, 9.17) is 4.98 Å². The van der Waals surface area contributed by atoms with E-state index in [0.717, 1.165) is 26.5 Å². The van der Waals surface area contributed by atoms with E-state index < -0.39 is 0 Å². The van der Waals surface area contributed by atoms with Gasteiger partial charge in [0.05, 0.1) is 0 Å². The standard InChI is InChI=1S/C22H14N4OSe/c27-21-17-13-7-8-14-18(17)28-26(21)22-23-19(15-9-3-1-4-10-15)20(24-25-22)16-11-5-2-6-12-16/h1-14H. The second kappa shape index (κ2) is 7.00. The van der Waals surface area contributed by atoms with Crippen molar-refractivity contribution in [2.45, 2.75) is 0 Å². The zero-order valence-electron chi connectivity index (χ0n) is 14.7. The van der Waals surface area contributed by atoms with Crippen molar-refractivity contribution in [1.82, 2.24) is 18.7 Å². The Balaban J connectivity index is 1.75. The maximum absolute atomic E-state index is 12.8. The quantitative estimate of drug-likeness (QED) is 0.412. The fourth-order valence-corrected chi connectivity index (χ4v) is 5.05. The molecular formula is C22H14N4OSe. The number of benzene rings is 3. The van der Waals surface area contributed by atoms with E-state index in [2.05, 4.69) is 10.2 Å². The molecule has 0 amide bonds. The molecule has 5 aromatic rings. The molecule has 28 heavy (non-hydrogen) atoms. The van der Waals surface area contributed by atoms with Gasteiger partial charge in [-0.05, 0) is 0 Å². The summed E-state index contributed by atoms with van der Waals surface area (Å²) in [5.41, 5.74) is 3.23. The third kappa shape index (κ3) is 2.89. The average Bonchev–Trinajstić information content (AvgIpc) is 3.11. The predicted molar refractivity (Wildman–Crippen MR) is 111 cm³/mol. The van der Waals surface area contributed by atoms with E-state index in [1.165, 1.54) is 0 Å². The molecule has 0 saturated heterocycles. The van der Waals surface area contributed by atoms with Gasteiger partial charge in [-0.2, -0.15) is 0 Å². The Morgan fingerprint density at radius 2 is 1.29 bits per heavy atom. The third-order valence-electron chi connectivity index (χ3n) is 4.44. The van der Waals surface area contributed by atoms with Crippen LogP contribution in [0.3, 0.4) is 0 Å². The summed E-state index contributed by atoms with van der Waals surface area (Å²) in [5.74, 6) is 0.347. The van der Waals surface area contributed by atoms with Crippen LogP contribution in [-0.4, -0.2) is 33.5 Å². The molecule has 0 aliphatic rings. The molecule has 0 saturated carbocycles. The van der Waals surface area contributed by atoms with Gasteiger partial charge in [0.15, 0.2) is 0 Å². The Bertz CT molecular complexity index is 1330. The van der Waals surface area contributed by atoms with Crippen molar-refractivity contribution in [2.24, 2.45) is 0 Å². The first kappa shape index (κ1) is 16.8. The van der Waals surface area contributed by atoms with Crippen LogP contribution in [0.1, 0.15) is 0 Å². The van der Waals surface area contributed by atoms with Gasteiger partial charge < -0.3 is 0 Å². The topological polar surface area (TPSA) is 60.7 Å². The molecule has 5 nitrogen and oxygen atoms in total. The van der Waals surface area contributed by atoms with E-state index in [1.807, 2.05) is 84.9 Å². The molecule has 0 aliphatic heterocycles. The molecule has 6 heteroatoms. The molecular weight excluding hydrogens is 415 g/mol. The van der Waals surface area contributed by atoms with Crippen LogP contribution in [0.25, 0.3) is 38.1 Å². The van der Waals surface area contributed by atoms with Crippen molar-refractivity contribution in [3.05, 3.63) is 95.3 Å². The summed E-state index contributed by atoms with van der Waals surface area (Å²) in [6.45, 7) is 0. The van der Waals surface area contributed by atoms with Gasteiger partial charge in [-0.25, -0.2) is 0 Å². The predicted octanol–water partition coefficient (Wildman–Crippen LogP) is 3.57. The fourth-order valence-electron chi connectivity index (χ4n) is 3.09. The Morgan fingerprint density at radius 3 is 1.96 bits per heavy atom. The summed E-state index contributed by atoms with van der Waals surface area (Å²) in [5, 5.41) is 9.51. The summed E-state index contributed by atoms with van der Waals surface area (Å²) in [6.07, 6.45) is 0. The zero-order chi connectivity index (χ0) is 18.9. The van der Waals surface area contributed by atoms with Crippen LogP contribution in [0.4, 0.5) is 0 Å². The molecule has 0 spiro atoms. The van der Waals surface area contributed by atoms with Crippen LogP contribution in [0.5, 0.6) is 0 Å². The summed E-state index contributed by atoms with van der Waals surface area (Å²) in [6, 6.07) is 27.4. The van der Waals surface area contributed by atoms with Crippen LogP contribution in [0, 0.1) is 0 Å². The number of rotatable bonds is 3. The first-order valence-corrected chi connectivity index (χ1v) is 10.4. The average molecular weight is 429 g/mol. The van der Waals surface area contributed by atoms with Gasteiger partial charge in [-0.15, -0.1) is 0 Å². The third-order valence-corrected chi connectivity index (χ3v) is 6.68. The monoisotopic (exact) mass is 430 g/mol. The second-order valence-electron chi connectivity index (χ2n) is 6.23. The zero-order valence-corrected chi connectivity index (χ0v) is 16.4. The molecule has 3 aromatic carbocycles. The Hall–Kier alpha value is -3.34. The van der Waals surface area contributed by atoms with Crippen molar-refractivity contribution < 1.29 is 0 Å². The van der Waals surface area contributed by atoms with Gasteiger partial charge in [-0.1, -0.05) is 0 Å². The SMILES string of the molecule is O=c1c2ccccc2[se]n1-c1nnc(-c2ccccc2)c(-c2ccccc2)n1. The second-order valence-corrected chi connectivity index (χ2v) is 8.30. The maximum atomic E-state index is 12.8. The van der Waals surface area contributed by atoms with E-state index >= 15 is 0 Å². The molecule has 0 aliphatic carbocycles. The fraction of sp³-hybridized carbons (Fsp3) is 0. The summed E-state index contributed by atoms with van der Waals surface area (Å²) in [7, 11) is 0. The van der Waals surface area contributed by atoms with Gasteiger partial charge in [0.2, 0.25) is 0 Å². The normalized spacial score (nSPS) is 11.0. The van der Waals surface area contributed by atoms with Gasteiger partial charge in [-0.3, -0.25) is 0 Å². The Labute approximate surface area is 166 Å². The molecule has 0 fully saturated rings. The molecule has 2 aromatic heterocycles. The van der Waals surface area contributed by atoms with Crippen LogP contribution < -0.4 is 5.56 Å². The van der Waals surface area contributed by atoms with E-state index in [9.17, 15) is 4.79 Å². The summed E-state index contributed by atoms with van der Waals surface area (Å²) in [4.78, 5) is 17.6. The molecule has 0 atom stereocenters. The van der Waals surface area contributed by atoms with Gasteiger partial charge in [0.1, 0.15) is 0 Å². The van der Waals surface area contributed by atoms with Crippen molar-refractivity contribution in [2.75, 3.05) is 0 Å². The van der Waals surface area contributed by atoms with E-state index in [-0.39, 0.29) is 20.3 Å². The molecule has 2 heterocycles. The molecule has 5 rings (SSSR count).